The van der Waals surface area contributed by atoms with Crippen molar-refractivity contribution in [1.82, 2.24) is 0 Å². The Morgan fingerprint density at radius 2 is 1.74 bits per heavy atom. The molecule has 2 heterocycles. The number of aliphatic hydroxyl groups is 3. The van der Waals surface area contributed by atoms with Crippen molar-refractivity contribution in [2.75, 3.05) is 19.0 Å². The Bertz CT molecular complexity index is 2580. The highest BCUT2D eigenvalue weighted by Gasteiger charge is 2.55. The third-order valence-electron chi connectivity index (χ3n) is 16.0. The summed E-state index contributed by atoms with van der Waals surface area (Å²) < 4.78 is 6.17. The number of phenols is 2. The van der Waals surface area contributed by atoms with Gasteiger partial charge < -0.3 is 46.8 Å². The maximum absolute atomic E-state index is 14.2. The summed E-state index contributed by atoms with van der Waals surface area (Å²) in [5.74, 6) is 8.13. The van der Waals surface area contributed by atoms with Crippen LogP contribution in [0.25, 0.3) is 0 Å². The predicted octanol–water partition coefficient (Wildman–Crippen LogP) is 7.54. The smallest absolute Gasteiger partial charge is 0.161 e. The number of carbonyl (C=O) groups excluding carboxylic acids is 1. The van der Waals surface area contributed by atoms with Crippen molar-refractivity contribution in [2.45, 2.75) is 120 Å². The van der Waals surface area contributed by atoms with E-state index in [0.29, 0.717) is 77.7 Å². The van der Waals surface area contributed by atoms with Crippen LogP contribution in [-0.4, -0.2) is 68.2 Å². The van der Waals surface area contributed by atoms with Gasteiger partial charge in [0.25, 0.3) is 0 Å². The quantitative estimate of drug-likeness (QED) is 0.0751. The van der Waals surface area contributed by atoms with Gasteiger partial charge in [-0.05, 0) is 163 Å². The number of rotatable bonds is 5. The van der Waals surface area contributed by atoms with Crippen LogP contribution in [0, 0.1) is 40.4 Å². The van der Waals surface area contributed by atoms with Gasteiger partial charge in [0.05, 0.1) is 43.7 Å². The maximum Gasteiger partial charge on any atom is 0.161 e. The lowest BCUT2D eigenvalue weighted by molar-refractivity contribution is -0.307. The van der Waals surface area contributed by atoms with Crippen LogP contribution in [0.5, 0.6) is 17.2 Å². The van der Waals surface area contributed by atoms with Gasteiger partial charge in [0.15, 0.2) is 17.3 Å². The summed E-state index contributed by atoms with van der Waals surface area (Å²) >= 11 is 0. The van der Waals surface area contributed by atoms with E-state index >= 15 is 0 Å². The maximum atomic E-state index is 14.2. The second-order valence-corrected chi connectivity index (χ2v) is 22.7. The van der Waals surface area contributed by atoms with Crippen LogP contribution in [0.3, 0.4) is 0 Å². The first-order chi connectivity index (χ1) is 32.8. The zero-order chi connectivity index (χ0) is 47.6. The number of aliphatic hydroxyl groups excluding tert-OH is 3. The van der Waals surface area contributed by atoms with E-state index in [1.165, 1.54) is 0 Å². The van der Waals surface area contributed by atoms with E-state index in [4.69, 9.17) is 16.2 Å². The first kappa shape index (κ1) is 48.5. The Kier molecular flexibility index (Phi) is 14.9. The van der Waals surface area contributed by atoms with Crippen molar-refractivity contribution in [1.29, 1.82) is 0 Å². The lowest BCUT2D eigenvalue weighted by Crippen LogP contribution is -2.42. The topological polar surface area (TPSA) is 215 Å². The number of aliphatic imine (C=N–C) groups is 1. The number of allylic oxidation sites excluding steroid dienone is 5. The third kappa shape index (κ3) is 10.3. The fraction of sp³-hybridized carbons (Fsp3) is 0.491. The summed E-state index contributed by atoms with van der Waals surface area (Å²) in [6.07, 6.45) is 14.6. The minimum absolute atomic E-state index is 0.00446. The molecular weight excluding hydrogens is 895 g/mol. The molecule has 4 aliphatic carbocycles. The summed E-state index contributed by atoms with van der Waals surface area (Å²) in [4.78, 5) is 18.2. The van der Waals surface area contributed by atoms with Crippen molar-refractivity contribution in [3.63, 3.8) is 0 Å². The second kappa shape index (κ2) is 20.8. The van der Waals surface area contributed by atoms with E-state index in [1.54, 1.807) is 64.2 Å². The van der Waals surface area contributed by atoms with Crippen LogP contribution in [0.2, 0.25) is 0 Å². The van der Waals surface area contributed by atoms with Crippen LogP contribution >= 0.6 is 21.6 Å². The Morgan fingerprint density at radius 1 is 0.926 bits per heavy atom. The van der Waals surface area contributed by atoms with Gasteiger partial charge in [0.2, 0.25) is 0 Å². The van der Waals surface area contributed by atoms with E-state index in [9.17, 15) is 35.4 Å². The summed E-state index contributed by atoms with van der Waals surface area (Å²) in [6, 6.07) is 14.5. The van der Waals surface area contributed by atoms with Crippen LogP contribution in [0.4, 0.5) is 0 Å². The van der Waals surface area contributed by atoms with E-state index in [0.717, 1.165) is 72.8 Å². The largest absolute Gasteiger partial charge is 0.875 e. The summed E-state index contributed by atoms with van der Waals surface area (Å²) in [5.41, 5.74) is 19.0. The highest BCUT2D eigenvalue weighted by Crippen LogP contribution is 2.63. The first-order valence-electron chi connectivity index (χ1n) is 24.3. The van der Waals surface area contributed by atoms with E-state index in [2.05, 4.69) is 29.0 Å². The predicted molar refractivity (Wildman–Crippen MR) is 267 cm³/mol. The van der Waals surface area contributed by atoms with Gasteiger partial charge in [0.1, 0.15) is 5.75 Å². The average Bonchev–Trinajstić information content (AvgIpc) is 4.06. The van der Waals surface area contributed by atoms with Crippen LogP contribution in [0.1, 0.15) is 128 Å². The van der Waals surface area contributed by atoms with Gasteiger partial charge in [-0.3, -0.25) is 9.79 Å². The molecule has 3 aromatic carbocycles. The second-order valence-electron chi connectivity index (χ2n) is 20.2. The molecule has 3 saturated carbocycles. The molecular formula is C55H64N3O8S2-. The highest BCUT2D eigenvalue weighted by molar-refractivity contribution is 8.76. The minimum Gasteiger partial charge on any atom is -0.875 e. The molecule has 2 aliphatic heterocycles. The number of benzene rings is 3. The number of hydrogen-bond acceptors (Lipinski definition) is 13. The van der Waals surface area contributed by atoms with Crippen molar-refractivity contribution in [2.24, 2.45) is 45.0 Å². The zero-order valence-corrected chi connectivity index (χ0v) is 40.2. The number of ketones is 1. The van der Waals surface area contributed by atoms with Gasteiger partial charge in [-0.2, -0.15) is 0 Å². The number of aryl methyl sites for hydroxylation is 1. The normalized spacial score (nSPS) is 29.6. The molecule has 0 amide bonds. The number of aromatic hydroxyl groups is 2. The summed E-state index contributed by atoms with van der Waals surface area (Å²) in [6.45, 7) is -0.0440. The third-order valence-corrected chi connectivity index (χ3v) is 18.5. The van der Waals surface area contributed by atoms with Crippen molar-refractivity contribution in [3.05, 3.63) is 123 Å². The number of phenolic OH excluding ortho intramolecular Hbond substituents is 2. The fourth-order valence-corrected chi connectivity index (χ4v) is 15.0. The van der Waals surface area contributed by atoms with Crippen LogP contribution in [-0.2, 0) is 23.4 Å². The zero-order valence-electron chi connectivity index (χ0n) is 38.6. The minimum atomic E-state index is -0.807. The van der Waals surface area contributed by atoms with Crippen molar-refractivity contribution < 1.29 is 40.2 Å². The van der Waals surface area contributed by atoms with Gasteiger partial charge in [0, 0.05) is 47.6 Å². The molecule has 0 radical (unpaired) electrons. The van der Waals surface area contributed by atoms with Crippen molar-refractivity contribution >= 4 is 33.1 Å². The van der Waals surface area contributed by atoms with Crippen LogP contribution < -0.4 is 21.3 Å². The number of carbonyl (C=O) groups is 1. The molecule has 0 spiro atoms. The fourth-order valence-electron chi connectivity index (χ4n) is 12.5. The van der Waals surface area contributed by atoms with Gasteiger partial charge in [-0.15, -0.1) is 5.76 Å². The Balaban J connectivity index is 1.08. The lowest BCUT2D eigenvalue weighted by Gasteiger charge is -2.49. The molecule has 3 aromatic rings. The molecule has 0 saturated heterocycles. The molecule has 3 fully saturated rings. The van der Waals surface area contributed by atoms with Crippen LogP contribution in [0.15, 0.2) is 89.3 Å². The molecule has 8 bridgehead atoms. The standard InChI is InChI=1S/C55H65N3O8S2/c56-53(57)44-23-35-3-1-5-47-42(15-19-58-47)50(64)25-45-43(35)24-36(44)31-67-68-32-37-26-55(29-51(37)65,39-10-9-38-4-2-17-54(38,27-39)28-41(61)30-59)18-14-40(60)11-6-33-8-13-49(63)52(22-33)66-20-16-34-7-12-48(62)46(45)21-34/h7-8,12-15,18-19,21-24,37-39,41,45,51,53,59,61-65H,2,4-6,9-11,16-17,20,25-32,56-57H2/p-1/b18-14-,50-42?/t37-,38+,39+,41+,45-,51-,54-,55-/m1/s1. The summed E-state index contributed by atoms with van der Waals surface area (Å²) in [5, 5.41) is 69.3. The van der Waals surface area contributed by atoms with E-state index < -0.39 is 29.7 Å². The van der Waals surface area contributed by atoms with Crippen molar-refractivity contribution in [3.8, 4) is 29.1 Å². The Morgan fingerprint density at radius 3 is 2.56 bits per heavy atom. The van der Waals surface area contributed by atoms with Gasteiger partial charge in [-0.25, -0.2) is 0 Å². The highest BCUT2D eigenvalue weighted by atomic mass is 33.1. The molecule has 13 heteroatoms. The van der Waals surface area contributed by atoms with E-state index in [-0.39, 0.29) is 66.3 Å². The average molecular weight is 959 g/mol. The molecule has 9 N–H and O–H groups in total. The number of nitrogens with zero attached hydrogens (tertiary/aromatic N) is 1. The molecule has 8 atom stereocenters. The lowest BCUT2D eigenvalue weighted by atomic mass is 9.56. The number of fused-ring (bicyclic) bond motifs is 10. The van der Waals surface area contributed by atoms with E-state index in [1.807, 2.05) is 18.2 Å². The molecule has 6 aliphatic rings. The molecule has 9 rings (SSSR count). The van der Waals surface area contributed by atoms with Gasteiger partial charge in [-0.1, -0.05) is 70.2 Å². The molecule has 0 aromatic heterocycles. The Hall–Kier alpha value is -4.52. The number of ether oxygens (including phenoxy) is 1. The molecule has 0 unspecified atom stereocenters. The molecule has 68 heavy (non-hydrogen) atoms. The molecule has 11 nitrogen and oxygen atoms in total. The van der Waals surface area contributed by atoms with Gasteiger partial charge >= 0.3 is 0 Å². The molecule has 360 valence electrons. The number of nitrogens with two attached hydrogens (primary N) is 2. The summed E-state index contributed by atoms with van der Waals surface area (Å²) in [7, 11) is 3.36. The Labute approximate surface area is 407 Å². The number of hydrogen-bond donors (Lipinski definition) is 7. The monoisotopic (exact) mass is 958 g/mol. The first-order valence-corrected chi connectivity index (χ1v) is 26.8. The SMILES string of the molecule is NC(N)c1cc2c3cc1CSSC[C@H]1C[C@]([C@H]4CC[C@@H]5CCC[C@]5(C[C@H](O)CO)C4)(/C=C\C(=O)CCc4ccc(O)c(c4)OCCc4ccc(O)c(c4)[C@@H]3CC([O-])=C3C=CN=C3CC#C2)C[C@H]1O.